The van der Waals surface area contributed by atoms with E-state index in [4.69, 9.17) is 0 Å². The number of nitrogens with one attached hydrogen (secondary N) is 2. The second kappa shape index (κ2) is 6.97. The Morgan fingerprint density at radius 3 is 2.74 bits per heavy atom. The molecule has 0 fully saturated rings. The molecule has 3 rings (SSSR count). The third kappa shape index (κ3) is 3.70. The summed E-state index contributed by atoms with van der Waals surface area (Å²) in [5.41, 5.74) is 2.26. The van der Waals surface area contributed by atoms with Crippen LogP contribution in [0.1, 0.15) is 23.0 Å². The van der Waals surface area contributed by atoms with Crippen molar-refractivity contribution in [2.24, 2.45) is 0 Å². The molecule has 2 heterocycles. The van der Waals surface area contributed by atoms with Crippen molar-refractivity contribution in [3.05, 3.63) is 59.4 Å². The van der Waals surface area contributed by atoms with Crippen LogP contribution in [-0.2, 0) is 6.42 Å². The third-order valence-electron chi connectivity index (χ3n) is 3.17. The van der Waals surface area contributed by atoms with Crippen LogP contribution in [0.2, 0.25) is 0 Å². The lowest BCUT2D eigenvalue weighted by atomic mass is 10.1. The van der Waals surface area contributed by atoms with E-state index >= 15 is 0 Å². The Kier molecular flexibility index (Phi) is 4.58. The van der Waals surface area contributed by atoms with Crippen molar-refractivity contribution in [2.45, 2.75) is 13.3 Å². The molecule has 2 aromatic heterocycles. The Labute approximate surface area is 137 Å². The van der Waals surface area contributed by atoms with Crippen molar-refractivity contribution >= 4 is 34.0 Å². The van der Waals surface area contributed by atoms with Gasteiger partial charge in [-0.05, 0) is 24.1 Å². The third-order valence-corrected chi connectivity index (χ3v) is 3.93. The zero-order valence-corrected chi connectivity index (χ0v) is 13.3. The first kappa shape index (κ1) is 15.1. The molecule has 7 heteroatoms. The summed E-state index contributed by atoms with van der Waals surface area (Å²) in [5.74, 6) is 0.217. The number of thiazole rings is 1. The summed E-state index contributed by atoms with van der Waals surface area (Å²) < 4.78 is 0. The lowest BCUT2D eigenvalue weighted by Gasteiger charge is -2.08. The largest absolute Gasteiger partial charge is 0.320 e. The Morgan fingerprint density at radius 2 is 1.96 bits per heavy atom. The number of aromatic nitrogens is 3. The number of aryl methyl sites for hydroxylation is 1. The lowest BCUT2D eigenvalue weighted by Crippen LogP contribution is -2.13. The van der Waals surface area contributed by atoms with Crippen LogP contribution >= 0.6 is 11.3 Å². The van der Waals surface area contributed by atoms with Gasteiger partial charge in [0.2, 0.25) is 5.95 Å². The van der Waals surface area contributed by atoms with Gasteiger partial charge in [0.15, 0.2) is 5.13 Å². The second-order valence-electron chi connectivity index (χ2n) is 4.70. The summed E-state index contributed by atoms with van der Waals surface area (Å²) in [7, 11) is 0. The Bertz CT molecular complexity index is 803. The first-order valence-electron chi connectivity index (χ1n) is 7.15. The van der Waals surface area contributed by atoms with Gasteiger partial charge in [-0.1, -0.05) is 25.1 Å². The fourth-order valence-corrected chi connectivity index (χ4v) is 2.72. The number of para-hydroxylation sites is 1. The average Bonchev–Trinajstić information content (AvgIpc) is 3.05. The van der Waals surface area contributed by atoms with Crippen LogP contribution in [0.4, 0.5) is 16.8 Å². The highest BCUT2D eigenvalue weighted by molar-refractivity contribution is 7.14. The monoisotopic (exact) mass is 325 g/mol. The maximum atomic E-state index is 12.3. The van der Waals surface area contributed by atoms with E-state index < -0.39 is 0 Å². The fraction of sp³-hybridized carbons (Fsp3) is 0.125. The number of amides is 1. The Morgan fingerprint density at radius 1 is 1.17 bits per heavy atom. The van der Waals surface area contributed by atoms with E-state index in [1.807, 2.05) is 24.3 Å². The number of carbonyl (C=O) groups is 1. The summed E-state index contributed by atoms with van der Waals surface area (Å²) in [4.78, 5) is 24.7. The van der Waals surface area contributed by atoms with Gasteiger partial charge in [-0.25, -0.2) is 15.0 Å². The van der Waals surface area contributed by atoms with E-state index in [0.29, 0.717) is 16.8 Å². The summed E-state index contributed by atoms with van der Waals surface area (Å²) in [5, 5.41) is 8.15. The molecule has 0 atom stereocenters. The zero-order valence-electron chi connectivity index (χ0n) is 12.5. The highest BCUT2D eigenvalue weighted by Crippen LogP contribution is 2.21. The SMILES string of the molecule is CCc1ccccc1NC(=O)c1csc(Nc2ncccn2)n1. The first-order valence-corrected chi connectivity index (χ1v) is 8.03. The van der Waals surface area contributed by atoms with Gasteiger partial charge >= 0.3 is 0 Å². The van der Waals surface area contributed by atoms with Crippen LogP contribution in [-0.4, -0.2) is 20.9 Å². The van der Waals surface area contributed by atoms with Crippen molar-refractivity contribution < 1.29 is 4.79 Å². The molecule has 6 nitrogen and oxygen atoms in total. The van der Waals surface area contributed by atoms with E-state index in [1.165, 1.54) is 11.3 Å². The highest BCUT2D eigenvalue weighted by atomic mass is 32.1. The standard InChI is InChI=1S/C16H15N5OS/c1-2-11-6-3-4-7-12(11)19-14(22)13-10-23-16(20-13)21-15-17-8-5-9-18-15/h3-10H,2H2,1H3,(H,19,22)(H,17,18,20,21). The lowest BCUT2D eigenvalue weighted by molar-refractivity contribution is 0.102. The molecule has 0 unspecified atom stereocenters. The number of benzene rings is 1. The molecule has 23 heavy (non-hydrogen) atoms. The normalized spacial score (nSPS) is 10.3. The molecule has 1 amide bonds. The van der Waals surface area contributed by atoms with Crippen molar-refractivity contribution in [3.8, 4) is 0 Å². The quantitative estimate of drug-likeness (QED) is 0.750. The van der Waals surface area contributed by atoms with Gasteiger partial charge < -0.3 is 10.6 Å². The molecule has 1 aromatic carbocycles. The smallest absolute Gasteiger partial charge is 0.275 e. The molecule has 0 radical (unpaired) electrons. The number of hydrogen-bond acceptors (Lipinski definition) is 6. The molecule has 0 aliphatic carbocycles. The van der Waals surface area contributed by atoms with Crippen molar-refractivity contribution in [1.29, 1.82) is 0 Å². The molecule has 0 aliphatic rings. The Hall–Kier alpha value is -2.80. The molecule has 0 saturated heterocycles. The number of nitrogens with zero attached hydrogens (tertiary/aromatic N) is 3. The first-order chi connectivity index (χ1) is 11.3. The van der Waals surface area contributed by atoms with Crippen LogP contribution in [0.15, 0.2) is 48.1 Å². The van der Waals surface area contributed by atoms with Gasteiger partial charge in [0, 0.05) is 23.5 Å². The summed E-state index contributed by atoms with van der Waals surface area (Å²) in [6.45, 7) is 2.05. The fourth-order valence-electron chi connectivity index (χ4n) is 2.03. The number of hydrogen-bond donors (Lipinski definition) is 2. The van der Waals surface area contributed by atoms with E-state index in [1.54, 1.807) is 23.8 Å². The summed E-state index contributed by atoms with van der Waals surface area (Å²) in [6.07, 6.45) is 4.13. The molecular weight excluding hydrogens is 310 g/mol. The van der Waals surface area contributed by atoms with Crippen LogP contribution in [0.25, 0.3) is 0 Å². The van der Waals surface area contributed by atoms with Gasteiger partial charge in [-0.2, -0.15) is 0 Å². The molecule has 3 aromatic rings. The number of anilines is 3. The maximum absolute atomic E-state index is 12.3. The van der Waals surface area contributed by atoms with Gasteiger partial charge in [0.25, 0.3) is 5.91 Å². The maximum Gasteiger partial charge on any atom is 0.275 e. The van der Waals surface area contributed by atoms with Gasteiger partial charge in [0.1, 0.15) is 5.69 Å². The van der Waals surface area contributed by atoms with E-state index in [-0.39, 0.29) is 5.91 Å². The van der Waals surface area contributed by atoms with Crippen LogP contribution in [0.5, 0.6) is 0 Å². The minimum atomic E-state index is -0.232. The molecule has 0 saturated carbocycles. The molecule has 0 aliphatic heterocycles. The topological polar surface area (TPSA) is 79.8 Å². The summed E-state index contributed by atoms with van der Waals surface area (Å²) in [6, 6.07) is 9.47. The average molecular weight is 325 g/mol. The minimum absolute atomic E-state index is 0.232. The molecular formula is C16H15N5OS. The number of carbonyl (C=O) groups excluding carboxylic acids is 1. The molecule has 0 bridgehead atoms. The molecule has 0 spiro atoms. The molecule has 2 N–H and O–H groups in total. The highest BCUT2D eigenvalue weighted by Gasteiger charge is 2.13. The van der Waals surface area contributed by atoms with E-state index in [2.05, 4.69) is 32.5 Å². The van der Waals surface area contributed by atoms with Crippen molar-refractivity contribution in [2.75, 3.05) is 10.6 Å². The Balaban J connectivity index is 1.71. The minimum Gasteiger partial charge on any atom is -0.320 e. The van der Waals surface area contributed by atoms with Crippen molar-refractivity contribution in [1.82, 2.24) is 15.0 Å². The van der Waals surface area contributed by atoms with E-state index in [9.17, 15) is 4.79 Å². The van der Waals surface area contributed by atoms with Crippen LogP contribution < -0.4 is 10.6 Å². The predicted octanol–water partition coefficient (Wildman–Crippen LogP) is 3.49. The van der Waals surface area contributed by atoms with Gasteiger partial charge in [0.05, 0.1) is 0 Å². The number of rotatable bonds is 5. The van der Waals surface area contributed by atoms with Crippen LogP contribution in [0, 0.1) is 0 Å². The zero-order chi connectivity index (χ0) is 16.1. The second-order valence-corrected chi connectivity index (χ2v) is 5.56. The van der Waals surface area contributed by atoms with Gasteiger partial charge in [-0.3, -0.25) is 4.79 Å². The summed E-state index contributed by atoms with van der Waals surface area (Å²) >= 11 is 1.33. The van der Waals surface area contributed by atoms with E-state index in [0.717, 1.165) is 17.7 Å². The van der Waals surface area contributed by atoms with Gasteiger partial charge in [-0.15, -0.1) is 11.3 Å². The van der Waals surface area contributed by atoms with Crippen LogP contribution in [0.3, 0.4) is 0 Å². The van der Waals surface area contributed by atoms with Crippen molar-refractivity contribution in [3.63, 3.8) is 0 Å². The molecule has 116 valence electrons. The predicted molar refractivity (Wildman–Crippen MR) is 91.2 cm³/mol.